The molecule has 0 unspecified atom stereocenters. The Bertz CT molecular complexity index is 684. The van der Waals surface area contributed by atoms with Crippen LogP contribution < -0.4 is 26.4 Å². The molecule has 7 nitrogen and oxygen atoms in total. The van der Waals surface area contributed by atoms with E-state index in [1.165, 1.54) is 0 Å². The van der Waals surface area contributed by atoms with Crippen molar-refractivity contribution in [2.24, 2.45) is 0 Å². The standard InChI is InChI=1S/C15H20N6O/c1-18-10-7-21(8-10)14-12(13(16)19-15(17)20-14)9-4-3-5-11(6-9)22-2/h3-6,10,18H,7-8H2,1-2H3,(H4,16,17,19,20). The minimum Gasteiger partial charge on any atom is -0.497 e. The van der Waals surface area contributed by atoms with Crippen LogP contribution >= 0.6 is 0 Å². The third kappa shape index (κ3) is 2.50. The van der Waals surface area contributed by atoms with Crippen molar-refractivity contribution in [3.05, 3.63) is 24.3 Å². The minimum absolute atomic E-state index is 0.187. The lowest BCUT2D eigenvalue weighted by Crippen LogP contribution is -2.57. The molecule has 0 atom stereocenters. The lowest BCUT2D eigenvalue weighted by atomic mass is 10.0. The van der Waals surface area contributed by atoms with Crippen LogP contribution in [0.4, 0.5) is 17.6 Å². The summed E-state index contributed by atoms with van der Waals surface area (Å²) in [4.78, 5) is 10.7. The van der Waals surface area contributed by atoms with Gasteiger partial charge in [-0.3, -0.25) is 0 Å². The molecule has 1 saturated heterocycles. The van der Waals surface area contributed by atoms with Gasteiger partial charge in [-0.2, -0.15) is 9.97 Å². The Morgan fingerprint density at radius 1 is 1.27 bits per heavy atom. The number of ether oxygens (including phenoxy) is 1. The molecule has 7 heteroatoms. The molecule has 1 aromatic carbocycles. The highest BCUT2D eigenvalue weighted by atomic mass is 16.5. The SMILES string of the molecule is CNC1CN(c2nc(N)nc(N)c2-c2cccc(OC)c2)C1. The topological polar surface area (TPSA) is 102 Å². The molecule has 22 heavy (non-hydrogen) atoms. The minimum atomic E-state index is 0.187. The predicted octanol–water partition coefficient (Wildman–Crippen LogP) is 0.725. The van der Waals surface area contributed by atoms with E-state index in [-0.39, 0.29) is 5.95 Å². The van der Waals surface area contributed by atoms with Crippen LogP contribution in [0.1, 0.15) is 0 Å². The molecule has 2 aromatic rings. The Morgan fingerprint density at radius 3 is 2.73 bits per heavy atom. The van der Waals surface area contributed by atoms with Gasteiger partial charge in [0, 0.05) is 19.1 Å². The summed E-state index contributed by atoms with van der Waals surface area (Å²) >= 11 is 0. The number of benzene rings is 1. The Hall–Kier alpha value is -2.54. The molecule has 0 saturated carbocycles. The summed E-state index contributed by atoms with van der Waals surface area (Å²) in [6, 6.07) is 8.14. The lowest BCUT2D eigenvalue weighted by molar-refractivity contribution is 0.415. The monoisotopic (exact) mass is 300 g/mol. The first kappa shape index (κ1) is 14.4. The average molecular weight is 300 g/mol. The summed E-state index contributed by atoms with van der Waals surface area (Å²) in [7, 11) is 3.59. The molecule has 1 aromatic heterocycles. The van der Waals surface area contributed by atoms with E-state index in [2.05, 4.69) is 20.2 Å². The van der Waals surface area contributed by atoms with Crippen molar-refractivity contribution in [3.8, 4) is 16.9 Å². The number of nitrogens with two attached hydrogens (primary N) is 2. The fraction of sp³-hybridized carbons (Fsp3) is 0.333. The lowest BCUT2D eigenvalue weighted by Gasteiger charge is -2.40. The molecular weight excluding hydrogens is 280 g/mol. The van der Waals surface area contributed by atoms with Crippen molar-refractivity contribution in [2.45, 2.75) is 6.04 Å². The van der Waals surface area contributed by atoms with Gasteiger partial charge in [0.2, 0.25) is 5.95 Å². The number of nitrogens with one attached hydrogen (secondary N) is 1. The summed E-state index contributed by atoms with van der Waals surface area (Å²) in [5.74, 6) is 2.09. The quantitative estimate of drug-likeness (QED) is 0.764. The normalized spacial score (nSPS) is 14.7. The number of nitrogens with zero attached hydrogens (tertiary/aromatic N) is 3. The zero-order valence-electron chi connectivity index (χ0n) is 12.7. The van der Waals surface area contributed by atoms with Gasteiger partial charge in [0.1, 0.15) is 17.4 Å². The second-order valence-corrected chi connectivity index (χ2v) is 5.29. The first-order chi connectivity index (χ1) is 10.6. The van der Waals surface area contributed by atoms with Gasteiger partial charge in [-0.1, -0.05) is 12.1 Å². The van der Waals surface area contributed by atoms with Crippen molar-refractivity contribution in [3.63, 3.8) is 0 Å². The number of rotatable bonds is 4. The van der Waals surface area contributed by atoms with Crippen LogP contribution in [0.2, 0.25) is 0 Å². The maximum Gasteiger partial charge on any atom is 0.223 e. The molecule has 0 spiro atoms. The first-order valence-corrected chi connectivity index (χ1v) is 7.12. The molecule has 0 bridgehead atoms. The van der Waals surface area contributed by atoms with E-state index in [9.17, 15) is 0 Å². The Balaban J connectivity index is 2.06. The van der Waals surface area contributed by atoms with Gasteiger partial charge in [0.25, 0.3) is 0 Å². The molecule has 1 aliphatic rings. The summed E-state index contributed by atoms with van der Waals surface area (Å²) in [6.07, 6.45) is 0. The fourth-order valence-corrected chi connectivity index (χ4v) is 2.60. The van der Waals surface area contributed by atoms with Crippen LogP contribution in [-0.2, 0) is 0 Å². The number of likely N-dealkylation sites (N-methyl/N-ethyl adjacent to an activating group) is 1. The molecule has 0 radical (unpaired) electrons. The van der Waals surface area contributed by atoms with E-state index in [0.29, 0.717) is 11.9 Å². The molecule has 2 heterocycles. The number of anilines is 3. The number of methoxy groups -OCH3 is 1. The molecule has 0 aliphatic carbocycles. The van der Waals surface area contributed by atoms with Gasteiger partial charge >= 0.3 is 0 Å². The number of aromatic nitrogens is 2. The molecule has 116 valence electrons. The van der Waals surface area contributed by atoms with Gasteiger partial charge in [0.05, 0.1) is 12.7 Å². The van der Waals surface area contributed by atoms with Crippen molar-refractivity contribution in [2.75, 3.05) is 43.6 Å². The van der Waals surface area contributed by atoms with E-state index < -0.39 is 0 Å². The highest BCUT2D eigenvalue weighted by Crippen LogP contribution is 2.37. The Kier molecular flexibility index (Phi) is 3.72. The Morgan fingerprint density at radius 2 is 2.05 bits per heavy atom. The third-order valence-electron chi connectivity index (χ3n) is 3.88. The second kappa shape index (κ2) is 5.69. The van der Waals surface area contributed by atoms with Crippen molar-refractivity contribution in [1.29, 1.82) is 0 Å². The summed E-state index contributed by atoms with van der Waals surface area (Å²) in [5.41, 5.74) is 13.6. The van der Waals surface area contributed by atoms with Gasteiger partial charge in [-0.15, -0.1) is 0 Å². The zero-order valence-corrected chi connectivity index (χ0v) is 12.7. The maximum absolute atomic E-state index is 6.12. The first-order valence-electron chi connectivity index (χ1n) is 7.12. The van der Waals surface area contributed by atoms with E-state index >= 15 is 0 Å². The highest BCUT2D eigenvalue weighted by molar-refractivity contribution is 5.86. The van der Waals surface area contributed by atoms with Crippen LogP contribution in [0.25, 0.3) is 11.1 Å². The van der Waals surface area contributed by atoms with Crippen LogP contribution in [0.3, 0.4) is 0 Å². The second-order valence-electron chi connectivity index (χ2n) is 5.29. The van der Waals surface area contributed by atoms with Crippen LogP contribution in [0, 0.1) is 0 Å². The zero-order chi connectivity index (χ0) is 15.7. The van der Waals surface area contributed by atoms with Gasteiger partial charge in [0.15, 0.2) is 0 Å². The fourth-order valence-electron chi connectivity index (χ4n) is 2.60. The third-order valence-corrected chi connectivity index (χ3v) is 3.88. The largest absolute Gasteiger partial charge is 0.497 e. The maximum atomic E-state index is 6.12. The van der Waals surface area contributed by atoms with E-state index in [1.807, 2.05) is 31.3 Å². The smallest absolute Gasteiger partial charge is 0.223 e. The molecule has 3 rings (SSSR count). The predicted molar refractivity (Wildman–Crippen MR) is 87.9 cm³/mol. The van der Waals surface area contributed by atoms with Crippen molar-refractivity contribution < 1.29 is 4.74 Å². The van der Waals surface area contributed by atoms with E-state index in [1.54, 1.807) is 7.11 Å². The highest BCUT2D eigenvalue weighted by Gasteiger charge is 2.30. The van der Waals surface area contributed by atoms with Crippen LogP contribution in [0.15, 0.2) is 24.3 Å². The van der Waals surface area contributed by atoms with Crippen LogP contribution in [-0.4, -0.2) is 43.3 Å². The van der Waals surface area contributed by atoms with Crippen molar-refractivity contribution in [1.82, 2.24) is 15.3 Å². The summed E-state index contributed by atoms with van der Waals surface area (Å²) < 4.78 is 5.29. The molecular formula is C15H20N6O. The number of hydrogen-bond donors (Lipinski definition) is 3. The molecule has 5 N–H and O–H groups in total. The van der Waals surface area contributed by atoms with Gasteiger partial charge in [-0.25, -0.2) is 0 Å². The van der Waals surface area contributed by atoms with Crippen LogP contribution in [0.5, 0.6) is 5.75 Å². The van der Waals surface area contributed by atoms with E-state index in [4.69, 9.17) is 16.2 Å². The summed E-state index contributed by atoms with van der Waals surface area (Å²) in [5, 5.41) is 3.24. The molecule has 1 fully saturated rings. The van der Waals surface area contributed by atoms with Gasteiger partial charge in [-0.05, 0) is 24.7 Å². The van der Waals surface area contributed by atoms with Crippen molar-refractivity contribution >= 4 is 17.6 Å². The Labute approximate surface area is 129 Å². The summed E-state index contributed by atoms with van der Waals surface area (Å²) in [6.45, 7) is 1.73. The number of nitrogen functional groups attached to an aromatic ring is 2. The molecule has 0 amide bonds. The van der Waals surface area contributed by atoms with E-state index in [0.717, 1.165) is 35.8 Å². The number of hydrogen-bond acceptors (Lipinski definition) is 7. The average Bonchev–Trinajstić information content (AvgIpc) is 2.45. The van der Waals surface area contributed by atoms with Gasteiger partial charge < -0.3 is 26.4 Å². The molecule has 1 aliphatic heterocycles.